The number of piperidine rings is 1. The summed E-state index contributed by atoms with van der Waals surface area (Å²) < 4.78 is 12.4. The molecular formula is C5H12N2OS. The predicted molar refractivity (Wildman–Crippen MR) is 37.8 cm³/mol. The third kappa shape index (κ3) is 2.04. The standard InChI is InChI=1S/C5H12N2OS/c6-9(8)7-4-2-1-3-5-7/h1-6H2. The molecule has 0 aromatic heterocycles. The molecule has 0 aromatic carbocycles. The summed E-state index contributed by atoms with van der Waals surface area (Å²) in [5, 5.41) is 5.17. The van der Waals surface area contributed by atoms with Gasteiger partial charge in [-0.1, -0.05) is 6.42 Å². The Bertz CT molecular complexity index is 112. The Morgan fingerprint density at radius 3 is 2.11 bits per heavy atom. The van der Waals surface area contributed by atoms with Gasteiger partial charge < -0.3 is 0 Å². The van der Waals surface area contributed by atoms with Gasteiger partial charge in [0, 0.05) is 13.1 Å². The third-order valence-electron chi connectivity index (χ3n) is 1.57. The topological polar surface area (TPSA) is 46.3 Å². The quantitative estimate of drug-likeness (QED) is 0.559. The predicted octanol–water partition coefficient (Wildman–Crippen LogP) is 0.00970. The second kappa shape index (κ2) is 3.29. The highest BCUT2D eigenvalue weighted by atomic mass is 32.2. The zero-order chi connectivity index (χ0) is 6.69. The Morgan fingerprint density at radius 2 is 1.78 bits per heavy atom. The minimum atomic E-state index is -1.22. The van der Waals surface area contributed by atoms with Crippen molar-refractivity contribution in [3.05, 3.63) is 0 Å². The maximum absolute atomic E-state index is 10.6. The van der Waals surface area contributed by atoms with Gasteiger partial charge in [-0.25, -0.2) is 13.7 Å². The van der Waals surface area contributed by atoms with Crippen molar-refractivity contribution in [1.82, 2.24) is 4.31 Å². The molecule has 0 spiro atoms. The Kier molecular flexibility index (Phi) is 2.63. The Hall–Kier alpha value is 0.0700. The monoisotopic (exact) mass is 148 g/mol. The normalized spacial score (nSPS) is 25.9. The smallest absolute Gasteiger partial charge is 0.167 e. The Morgan fingerprint density at radius 1 is 1.22 bits per heavy atom. The van der Waals surface area contributed by atoms with E-state index in [-0.39, 0.29) is 0 Å². The molecule has 0 aliphatic carbocycles. The van der Waals surface area contributed by atoms with E-state index in [0.717, 1.165) is 25.9 Å². The van der Waals surface area contributed by atoms with Gasteiger partial charge in [-0.3, -0.25) is 0 Å². The van der Waals surface area contributed by atoms with E-state index in [1.165, 1.54) is 6.42 Å². The van der Waals surface area contributed by atoms with Crippen LogP contribution in [0.4, 0.5) is 0 Å². The van der Waals surface area contributed by atoms with E-state index in [1.54, 1.807) is 0 Å². The summed E-state index contributed by atoms with van der Waals surface area (Å²) in [6.45, 7) is 1.81. The maximum atomic E-state index is 10.6. The summed E-state index contributed by atoms with van der Waals surface area (Å²) in [6.07, 6.45) is 3.54. The fourth-order valence-electron chi connectivity index (χ4n) is 1.04. The second-order valence-corrected chi connectivity index (χ2v) is 3.33. The average molecular weight is 148 g/mol. The van der Waals surface area contributed by atoms with Crippen LogP contribution in [0.25, 0.3) is 0 Å². The number of hydrogen-bond acceptors (Lipinski definition) is 1. The molecule has 0 bridgehead atoms. The van der Waals surface area contributed by atoms with Gasteiger partial charge >= 0.3 is 0 Å². The van der Waals surface area contributed by atoms with Crippen LogP contribution in [0, 0.1) is 0 Å². The molecule has 1 unspecified atom stereocenters. The zero-order valence-corrected chi connectivity index (χ0v) is 6.19. The molecule has 2 N–H and O–H groups in total. The van der Waals surface area contributed by atoms with Gasteiger partial charge in [0.15, 0.2) is 11.2 Å². The molecule has 1 fully saturated rings. The molecule has 0 amide bonds. The summed E-state index contributed by atoms with van der Waals surface area (Å²) in [6, 6.07) is 0. The fourth-order valence-corrected chi connectivity index (χ4v) is 1.66. The van der Waals surface area contributed by atoms with Crippen molar-refractivity contribution in [2.75, 3.05) is 13.1 Å². The van der Waals surface area contributed by atoms with E-state index >= 15 is 0 Å². The molecule has 1 aliphatic rings. The molecule has 1 saturated heterocycles. The fraction of sp³-hybridized carbons (Fsp3) is 1.00. The first-order chi connectivity index (χ1) is 4.30. The van der Waals surface area contributed by atoms with Crippen LogP contribution in [0.15, 0.2) is 0 Å². The number of hydrogen-bond donors (Lipinski definition) is 1. The van der Waals surface area contributed by atoms with Crippen LogP contribution in [0.1, 0.15) is 19.3 Å². The summed E-state index contributed by atoms with van der Waals surface area (Å²) in [7, 11) is 0. The highest BCUT2D eigenvalue weighted by Gasteiger charge is 2.12. The molecule has 1 aliphatic heterocycles. The molecular weight excluding hydrogens is 136 g/mol. The second-order valence-electron chi connectivity index (χ2n) is 2.27. The minimum absolute atomic E-state index is 0.906. The van der Waals surface area contributed by atoms with Gasteiger partial charge in [0.2, 0.25) is 0 Å². The Balaban J connectivity index is 2.31. The molecule has 1 rings (SSSR count). The molecule has 1 atom stereocenters. The van der Waals surface area contributed by atoms with Crippen molar-refractivity contribution < 1.29 is 4.21 Å². The van der Waals surface area contributed by atoms with E-state index in [9.17, 15) is 4.21 Å². The average Bonchev–Trinajstić information content (AvgIpc) is 1.90. The van der Waals surface area contributed by atoms with E-state index in [2.05, 4.69) is 0 Å². The van der Waals surface area contributed by atoms with Crippen molar-refractivity contribution in [1.29, 1.82) is 0 Å². The van der Waals surface area contributed by atoms with Crippen LogP contribution in [-0.4, -0.2) is 21.6 Å². The molecule has 3 nitrogen and oxygen atoms in total. The van der Waals surface area contributed by atoms with Crippen molar-refractivity contribution >= 4 is 11.2 Å². The number of nitrogens with zero attached hydrogens (tertiary/aromatic N) is 1. The minimum Gasteiger partial charge on any atom is -0.238 e. The molecule has 9 heavy (non-hydrogen) atoms. The molecule has 0 radical (unpaired) electrons. The Labute approximate surface area is 57.9 Å². The molecule has 4 heteroatoms. The largest absolute Gasteiger partial charge is 0.238 e. The lowest BCUT2D eigenvalue weighted by molar-refractivity contribution is 0.366. The van der Waals surface area contributed by atoms with Crippen LogP contribution < -0.4 is 5.14 Å². The van der Waals surface area contributed by atoms with Gasteiger partial charge in [-0.15, -0.1) is 0 Å². The van der Waals surface area contributed by atoms with Crippen LogP contribution in [0.3, 0.4) is 0 Å². The van der Waals surface area contributed by atoms with Gasteiger partial charge in [0.25, 0.3) is 0 Å². The first-order valence-electron chi connectivity index (χ1n) is 3.22. The van der Waals surface area contributed by atoms with E-state index in [0.29, 0.717) is 0 Å². The van der Waals surface area contributed by atoms with Crippen LogP contribution in [-0.2, 0) is 11.2 Å². The van der Waals surface area contributed by atoms with Gasteiger partial charge in [0.05, 0.1) is 0 Å². The highest BCUT2D eigenvalue weighted by Crippen LogP contribution is 2.08. The van der Waals surface area contributed by atoms with Crippen molar-refractivity contribution in [3.8, 4) is 0 Å². The highest BCUT2D eigenvalue weighted by molar-refractivity contribution is 7.80. The van der Waals surface area contributed by atoms with E-state index < -0.39 is 11.2 Å². The van der Waals surface area contributed by atoms with Crippen LogP contribution in [0.2, 0.25) is 0 Å². The van der Waals surface area contributed by atoms with Crippen molar-refractivity contribution in [3.63, 3.8) is 0 Å². The number of rotatable bonds is 1. The first-order valence-corrected chi connectivity index (χ1v) is 4.39. The van der Waals surface area contributed by atoms with Crippen molar-refractivity contribution in [2.45, 2.75) is 19.3 Å². The summed E-state index contributed by atoms with van der Waals surface area (Å²) in [5.74, 6) is 0. The lowest BCUT2D eigenvalue weighted by Gasteiger charge is -2.22. The van der Waals surface area contributed by atoms with Gasteiger partial charge in [-0.2, -0.15) is 0 Å². The molecule has 0 saturated carbocycles. The summed E-state index contributed by atoms with van der Waals surface area (Å²) in [5.41, 5.74) is 0. The third-order valence-corrected chi connectivity index (χ3v) is 2.44. The molecule has 0 aromatic rings. The van der Waals surface area contributed by atoms with E-state index in [4.69, 9.17) is 5.14 Å². The van der Waals surface area contributed by atoms with Gasteiger partial charge in [-0.05, 0) is 12.8 Å². The lowest BCUT2D eigenvalue weighted by Crippen LogP contribution is -2.35. The summed E-state index contributed by atoms with van der Waals surface area (Å²) in [4.78, 5) is 0. The van der Waals surface area contributed by atoms with Crippen LogP contribution >= 0.6 is 0 Å². The van der Waals surface area contributed by atoms with Crippen LogP contribution in [0.5, 0.6) is 0 Å². The summed E-state index contributed by atoms with van der Waals surface area (Å²) >= 11 is -1.22. The first kappa shape index (κ1) is 7.18. The molecule has 54 valence electrons. The van der Waals surface area contributed by atoms with Gasteiger partial charge in [0.1, 0.15) is 0 Å². The number of nitrogens with two attached hydrogens (primary N) is 1. The SMILES string of the molecule is NS(=O)N1CCCCC1. The molecule has 1 heterocycles. The lowest BCUT2D eigenvalue weighted by atomic mass is 10.2. The zero-order valence-electron chi connectivity index (χ0n) is 5.38. The van der Waals surface area contributed by atoms with E-state index in [1.807, 2.05) is 4.31 Å². The van der Waals surface area contributed by atoms with Crippen molar-refractivity contribution in [2.24, 2.45) is 5.14 Å². The maximum Gasteiger partial charge on any atom is 0.167 e.